The van der Waals surface area contributed by atoms with E-state index in [0.29, 0.717) is 0 Å². The van der Waals surface area contributed by atoms with Crippen LogP contribution in [0.15, 0.2) is 24.3 Å². The molecular formula is C18H23N3. The number of rotatable bonds is 4. The molecule has 1 aliphatic rings. The van der Waals surface area contributed by atoms with Crippen LogP contribution < -0.4 is 0 Å². The van der Waals surface area contributed by atoms with Gasteiger partial charge in [0, 0.05) is 23.8 Å². The molecule has 0 bridgehead atoms. The Morgan fingerprint density at radius 2 is 2.19 bits per heavy atom. The number of aromatic nitrogens is 1. The largest absolute Gasteiger partial charge is 0.345 e. The fourth-order valence-corrected chi connectivity index (χ4v) is 3.62. The van der Waals surface area contributed by atoms with E-state index in [2.05, 4.69) is 41.6 Å². The normalized spacial score (nSPS) is 19.2. The molecule has 1 fully saturated rings. The van der Waals surface area contributed by atoms with Crippen LogP contribution in [-0.4, -0.2) is 29.1 Å². The number of hydrogen-bond acceptors (Lipinski definition) is 2. The van der Waals surface area contributed by atoms with Crippen LogP contribution in [0.1, 0.15) is 37.4 Å². The number of nitriles is 1. The van der Waals surface area contributed by atoms with Crippen molar-refractivity contribution in [3.05, 3.63) is 35.5 Å². The third-order valence-corrected chi connectivity index (χ3v) is 4.84. The fourth-order valence-electron chi connectivity index (χ4n) is 3.62. The van der Waals surface area contributed by atoms with E-state index in [1.54, 1.807) is 0 Å². The van der Waals surface area contributed by atoms with Crippen molar-refractivity contribution in [2.45, 2.75) is 45.2 Å². The van der Waals surface area contributed by atoms with E-state index < -0.39 is 0 Å². The molecule has 3 heteroatoms. The molecule has 1 atom stereocenters. The van der Waals surface area contributed by atoms with Gasteiger partial charge in [0.15, 0.2) is 0 Å². The smallest absolute Gasteiger partial charge is 0.0992 e. The van der Waals surface area contributed by atoms with E-state index in [-0.39, 0.29) is 0 Å². The van der Waals surface area contributed by atoms with Crippen LogP contribution in [0.25, 0.3) is 10.9 Å². The monoisotopic (exact) mass is 281 g/mol. The Kier molecular flexibility index (Phi) is 3.98. The summed E-state index contributed by atoms with van der Waals surface area (Å²) in [6.45, 7) is 4.39. The number of benzene rings is 1. The molecule has 2 heterocycles. The van der Waals surface area contributed by atoms with Crippen LogP contribution in [0.5, 0.6) is 0 Å². The van der Waals surface area contributed by atoms with Gasteiger partial charge in [-0.15, -0.1) is 0 Å². The highest BCUT2D eigenvalue weighted by Gasteiger charge is 2.21. The second-order valence-corrected chi connectivity index (χ2v) is 6.08. The van der Waals surface area contributed by atoms with Crippen LogP contribution in [-0.2, 0) is 13.0 Å². The second kappa shape index (κ2) is 5.91. The summed E-state index contributed by atoms with van der Waals surface area (Å²) >= 11 is 0. The molecule has 21 heavy (non-hydrogen) atoms. The van der Waals surface area contributed by atoms with Crippen LogP contribution in [0.3, 0.4) is 0 Å². The maximum Gasteiger partial charge on any atom is 0.0992 e. The Balaban J connectivity index is 1.86. The Morgan fingerprint density at radius 1 is 1.33 bits per heavy atom. The van der Waals surface area contributed by atoms with E-state index in [4.69, 9.17) is 5.26 Å². The molecule has 0 amide bonds. The molecule has 3 rings (SSSR count). The minimum atomic E-state index is 0.739. The maximum atomic E-state index is 9.08. The van der Waals surface area contributed by atoms with Crippen LogP contribution in [0.2, 0.25) is 0 Å². The lowest BCUT2D eigenvalue weighted by Crippen LogP contribution is -2.25. The van der Waals surface area contributed by atoms with Crippen LogP contribution in [0.4, 0.5) is 0 Å². The van der Waals surface area contributed by atoms with Crippen LogP contribution in [0, 0.1) is 11.3 Å². The molecular weight excluding hydrogens is 258 g/mol. The molecule has 1 saturated heterocycles. The van der Waals surface area contributed by atoms with E-state index in [9.17, 15) is 0 Å². The Bertz CT molecular complexity index is 678. The lowest BCUT2D eigenvalue weighted by atomic mass is 10.1. The second-order valence-electron chi connectivity index (χ2n) is 6.08. The lowest BCUT2D eigenvalue weighted by molar-refractivity contribution is 0.295. The van der Waals surface area contributed by atoms with E-state index in [1.165, 1.54) is 42.4 Å². The summed E-state index contributed by atoms with van der Waals surface area (Å²) in [6, 6.07) is 11.3. The lowest BCUT2D eigenvalue weighted by Gasteiger charge is -2.19. The van der Waals surface area contributed by atoms with Gasteiger partial charge in [0.25, 0.3) is 0 Å². The average Bonchev–Trinajstić information content (AvgIpc) is 3.06. The van der Waals surface area contributed by atoms with Crippen molar-refractivity contribution in [1.82, 2.24) is 9.47 Å². The van der Waals surface area contributed by atoms with Gasteiger partial charge in [0.1, 0.15) is 0 Å². The SMILES string of the molecule is CCn1c(CCC2CCCN2C)cc2ccc(C#N)cc21. The molecule has 110 valence electrons. The molecule has 1 aromatic heterocycles. The summed E-state index contributed by atoms with van der Waals surface area (Å²) in [5.41, 5.74) is 3.35. The zero-order chi connectivity index (χ0) is 14.8. The number of likely N-dealkylation sites (tertiary alicyclic amines) is 1. The van der Waals surface area contributed by atoms with Crippen molar-refractivity contribution in [3.8, 4) is 6.07 Å². The molecule has 0 radical (unpaired) electrons. The van der Waals surface area contributed by atoms with Crippen molar-refractivity contribution in [3.63, 3.8) is 0 Å². The number of nitrogens with zero attached hydrogens (tertiary/aromatic N) is 3. The summed E-state index contributed by atoms with van der Waals surface area (Å²) in [5, 5.41) is 10.3. The quantitative estimate of drug-likeness (QED) is 0.858. The zero-order valence-corrected chi connectivity index (χ0v) is 13.0. The number of hydrogen-bond donors (Lipinski definition) is 0. The summed E-state index contributed by atoms with van der Waals surface area (Å²) < 4.78 is 2.37. The third kappa shape index (κ3) is 2.69. The van der Waals surface area contributed by atoms with Crippen molar-refractivity contribution in [2.75, 3.05) is 13.6 Å². The molecule has 0 saturated carbocycles. The molecule has 3 nitrogen and oxygen atoms in total. The highest BCUT2D eigenvalue weighted by atomic mass is 15.1. The summed E-state index contributed by atoms with van der Waals surface area (Å²) in [7, 11) is 2.24. The first-order valence-electron chi connectivity index (χ1n) is 7.95. The minimum absolute atomic E-state index is 0.739. The third-order valence-electron chi connectivity index (χ3n) is 4.84. The average molecular weight is 281 g/mol. The van der Waals surface area contributed by atoms with Gasteiger partial charge in [-0.05, 0) is 69.8 Å². The summed E-state index contributed by atoms with van der Waals surface area (Å²) in [5.74, 6) is 0. The Morgan fingerprint density at radius 3 is 2.86 bits per heavy atom. The predicted molar refractivity (Wildman–Crippen MR) is 86.3 cm³/mol. The number of aryl methyl sites for hydroxylation is 2. The van der Waals surface area contributed by atoms with Gasteiger partial charge < -0.3 is 9.47 Å². The Labute approximate surface area is 126 Å². The molecule has 0 N–H and O–H groups in total. The zero-order valence-electron chi connectivity index (χ0n) is 13.0. The van der Waals surface area contributed by atoms with Gasteiger partial charge in [0.05, 0.1) is 11.6 Å². The van der Waals surface area contributed by atoms with Crippen molar-refractivity contribution < 1.29 is 0 Å². The highest BCUT2D eigenvalue weighted by Crippen LogP contribution is 2.25. The first-order chi connectivity index (χ1) is 10.2. The number of fused-ring (bicyclic) bond motifs is 1. The first kappa shape index (κ1) is 14.2. The van der Waals surface area contributed by atoms with Gasteiger partial charge in [-0.25, -0.2) is 0 Å². The fraction of sp³-hybridized carbons (Fsp3) is 0.500. The van der Waals surface area contributed by atoms with Crippen molar-refractivity contribution in [1.29, 1.82) is 5.26 Å². The molecule has 0 spiro atoms. The van der Waals surface area contributed by atoms with Gasteiger partial charge in [-0.1, -0.05) is 6.07 Å². The molecule has 2 aromatic rings. The topological polar surface area (TPSA) is 32.0 Å². The van der Waals surface area contributed by atoms with E-state index in [0.717, 1.165) is 24.6 Å². The standard InChI is InChI=1S/C18H23N3/c1-3-21-17(9-8-16-5-4-10-20(16)2)12-15-7-6-14(13-19)11-18(15)21/h6-7,11-12,16H,3-5,8-10H2,1-2H3. The van der Waals surface area contributed by atoms with Crippen molar-refractivity contribution in [2.24, 2.45) is 0 Å². The molecule has 1 unspecified atom stereocenters. The summed E-state index contributed by atoms with van der Waals surface area (Å²) in [6.07, 6.45) is 5.03. The predicted octanol–water partition coefficient (Wildman–Crippen LogP) is 3.56. The minimum Gasteiger partial charge on any atom is -0.345 e. The Hall–Kier alpha value is -1.79. The van der Waals surface area contributed by atoms with Gasteiger partial charge in [-0.2, -0.15) is 5.26 Å². The van der Waals surface area contributed by atoms with Gasteiger partial charge >= 0.3 is 0 Å². The maximum absolute atomic E-state index is 9.08. The molecule has 1 aromatic carbocycles. The molecule has 1 aliphatic heterocycles. The van der Waals surface area contributed by atoms with Crippen molar-refractivity contribution >= 4 is 10.9 Å². The van der Waals surface area contributed by atoms with E-state index >= 15 is 0 Å². The molecule has 0 aliphatic carbocycles. The summed E-state index contributed by atoms with van der Waals surface area (Å²) in [4.78, 5) is 2.49. The van der Waals surface area contributed by atoms with Crippen LogP contribution >= 0.6 is 0 Å². The first-order valence-corrected chi connectivity index (χ1v) is 7.95. The van der Waals surface area contributed by atoms with Gasteiger partial charge in [-0.3, -0.25) is 0 Å². The van der Waals surface area contributed by atoms with Gasteiger partial charge in [0.2, 0.25) is 0 Å². The van der Waals surface area contributed by atoms with E-state index in [1.807, 2.05) is 12.1 Å². The highest BCUT2D eigenvalue weighted by molar-refractivity contribution is 5.82.